The predicted molar refractivity (Wildman–Crippen MR) is 73.6 cm³/mol. The highest BCUT2D eigenvalue weighted by Crippen LogP contribution is 2.24. The van der Waals surface area contributed by atoms with Gasteiger partial charge in [-0.15, -0.1) is 0 Å². The highest BCUT2D eigenvalue weighted by atomic mass is 19.1. The van der Waals surface area contributed by atoms with Crippen LogP contribution in [0.1, 0.15) is 18.9 Å². The second-order valence-electron chi connectivity index (χ2n) is 4.60. The van der Waals surface area contributed by atoms with Crippen molar-refractivity contribution < 1.29 is 9.18 Å². The number of halogens is 1. The SMILES string of the molecule is CCNCc1c(F)cccc1N1CCNC(=O)CC1. The lowest BCUT2D eigenvalue weighted by Gasteiger charge is -2.25. The molecule has 0 bridgehead atoms. The van der Waals surface area contributed by atoms with E-state index in [2.05, 4.69) is 15.5 Å². The number of rotatable bonds is 4. The number of nitrogens with one attached hydrogen (secondary N) is 2. The van der Waals surface area contributed by atoms with Gasteiger partial charge in [0, 0.05) is 43.9 Å². The lowest BCUT2D eigenvalue weighted by Crippen LogP contribution is -2.30. The fraction of sp³-hybridized carbons (Fsp3) is 0.500. The number of hydrogen-bond donors (Lipinski definition) is 2. The molecule has 0 unspecified atom stereocenters. The number of anilines is 1. The summed E-state index contributed by atoms with van der Waals surface area (Å²) in [6.45, 7) is 5.26. The normalized spacial score (nSPS) is 16.1. The summed E-state index contributed by atoms with van der Waals surface area (Å²) in [5.74, 6) is -0.130. The van der Waals surface area contributed by atoms with Crippen molar-refractivity contribution in [1.82, 2.24) is 10.6 Å². The quantitative estimate of drug-likeness (QED) is 0.861. The predicted octanol–water partition coefficient (Wildman–Crippen LogP) is 1.26. The average molecular weight is 265 g/mol. The van der Waals surface area contributed by atoms with Crippen LogP contribution in [0.2, 0.25) is 0 Å². The summed E-state index contributed by atoms with van der Waals surface area (Å²) in [5.41, 5.74) is 1.57. The Bertz CT molecular complexity index is 450. The maximum atomic E-state index is 14.0. The number of nitrogens with zero attached hydrogens (tertiary/aromatic N) is 1. The second kappa shape index (κ2) is 6.52. The molecule has 104 valence electrons. The molecule has 5 heteroatoms. The molecule has 1 heterocycles. The number of amides is 1. The molecule has 1 aliphatic heterocycles. The molecule has 1 aromatic rings. The summed E-state index contributed by atoms with van der Waals surface area (Å²) in [6.07, 6.45) is 0.456. The zero-order valence-corrected chi connectivity index (χ0v) is 11.2. The minimum absolute atomic E-state index is 0.0622. The van der Waals surface area contributed by atoms with Crippen molar-refractivity contribution in [3.8, 4) is 0 Å². The van der Waals surface area contributed by atoms with Gasteiger partial charge in [-0.2, -0.15) is 0 Å². The molecule has 0 spiro atoms. The zero-order valence-electron chi connectivity index (χ0n) is 11.2. The summed E-state index contributed by atoms with van der Waals surface area (Å²) in [6, 6.07) is 5.13. The Kier molecular flexibility index (Phi) is 4.74. The van der Waals surface area contributed by atoms with Gasteiger partial charge in [-0.25, -0.2) is 4.39 Å². The van der Waals surface area contributed by atoms with Gasteiger partial charge in [0.25, 0.3) is 0 Å². The molecule has 4 nitrogen and oxygen atoms in total. The van der Waals surface area contributed by atoms with Crippen LogP contribution in [0.5, 0.6) is 0 Å². The number of carbonyl (C=O) groups excluding carboxylic acids is 1. The van der Waals surface area contributed by atoms with E-state index < -0.39 is 0 Å². The maximum absolute atomic E-state index is 14.0. The van der Waals surface area contributed by atoms with E-state index >= 15 is 0 Å². The summed E-state index contributed by atoms with van der Waals surface area (Å²) >= 11 is 0. The molecule has 1 amide bonds. The Balaban J connectivity index is 2.22. The van der Waals surface area contributed by atoms with Crippen LogP contribution in [0, 0.1) is 5.82 Å². The van der Waals surface area contributed by atoms with E-state index in [9.17, 15) is 9.18 Å². The monoisotopic (exact) mass is 265 g/mol. The van der Waals surface area contributed by atoms with E-state index in [1.165, 1.54) is 6.07 Å². The van der Waals surface area contributed by atoms with Gasteiger partial charge >= 0.3 is 0 Å². The number of carbonyl (C=O) groups is 1. The van der Waals surface area contributed by atoms with Crippen LogP contribution in [0.3, 0.4) is 0 Å². The van der Waals surface area contributed by atoms with Gasteiger partial charge in [-0.1, -0.05) is 13.0 Å². The Morgan fingerprint density at radius 3 is 3.05 bits per heavy atom. The van der Waals surface area contributed by atoms with Crippen LogP contribution in [0.4, 0.5) is 10.1 Å². The molecule has 1 aliphatic rings. The van der Waals surface area contributed by atoms with E-state index in [1.807, 2.05) is 13.0 Å². The Labute approximate surface area is 113 Å². The van der Waals surface area contributed by atoms with Crippen LogP contribution in [-0.2, 0) is 11.3 Å². The molecule has 1 fully saturated rings. The Morgan fingerprint density at radius 1 is 1.42 bits per heavy atom. The van der Waals surface area contributed by atoms with Crippen molar-refractivity contribution in [3.63, 3.8) is 0 Å². The van der Waals surface area contributed by atoms with Crippen LogP contribution >= 0.6 is 0 Å². The topological polar surface area (TPSA) is 44.4 Å². The number of hydrogen-bond acceptors (Lipinski definition) is 3. The molecule has 0 saturated carbocycles. The first kappa shape index (κ1) is 13.8. The number of benzene rings is 1. The van der Waals surface area contributed by atoms with Gasteiger partial charge in [-0.3, -0.25) is 4.79 Å². The minimum atomic E-state index is -0.193. The lowest BCUT2D eigenvalue weighted by molar-refractivity contribution is -0.120. The molecule has 0 aliphatic carbocycles. The van der Waals surface area contributed by atoms with Gasteiger partial charge in [0.15, 0.2) is 0 Å². The average Bonchev–Trinajstić information content (AvgIpc) is 2.62. The van der Waals surface area contributed by atoms with Crippen molar-refractivity contribution in [1.29, 1.82) is 0 Å². The van der Waals surface area contributed by atoms with Crippen LogP contribution in [0.15, 0.2) is 18.2 Å². The summed E-state index contributed by atoms with van der Waals surface area (Å²) in [5, 5.41) is 5.99. The van der Waals surface area contributed by atoms with E-state index in [4.69, 9.17) is 0 Å². The lowest BCUT2D eigenvalue weighted by atomic mass is 10.1. The Hall–Kier alpha value is -1.62. The van der Waals surface area contributed by atoms with Gasteiger partial charge < -0.3 is 15.5 Å². The first-order valence-corrected chi connectivity index (χ1v) is 6.72. The van der Waals surface area contributed by atoms with Crippen molar-refractivity contribution in [2.45, 2.75) is 19.9 Å². The van der Waals surface area contributed by atoms with Crippen LogP contribution in [-0.4, -0.2) is 32.1 Å². The second-order valence-corrected chi connectivity index (χ2v) is 4.60. The molecule has 1 saturated heterocycles. The standard InChI is InChI=1S/C14H20FN3O/c1-2-16-10-11-12(15)4-3-5-13(11)18-8-6-14(19)17-7-9-18/h3-5,16H,2,6-10H2,1H3,(H,17,19). The fourth-order valence-electron chi connectivity index (χ4n) is 2.28. The van der Waals surface area contributed by atoms with E-state index in [0.717, 1.165) is 12.2 Å². The van der Waals surface area contributed by atoms with Crippen LogP contribution in [0.25, 0.3) is 0 Å². The summed E-state index contributed by atoms with van der Waals surface area (Å²) in [4.78, 5) is 13.4. The minimum Gasteiger partial charge on any atom is -0.369 e. The van der Waals surface area contributed by atoms with Crippen molar-refractivity contribution in [2.75, 3.05) is 31.1 Å². The van der Waals surface area contributed by atoms with Gasteiger partial charge in [-0.05, 0) is 18.7 Å². The largest absolute Gasteiger partial charge is 0.369 e. The third-order valence-electron chi connectivity index (χ3n) is 3.30. The van der Waals surface area contributed by atoms with Crippen molar-refractivity contribution in [2.24, 2.45) is 0 Å². The molecular formula is C14H20FN3O. The van der Waals surface area contributed by atoms with E-state index in [1.54, 1.807) is 6.07 Å². The maximum Gasteiger partial charge on any atom is 0.221 e. The zero-order chi connectivity index (χ0) is 13.7. The third-order valence-corrected chi connectivity index (χ3v) is 3.30. The first-order chi connectivity index (χ1) is 9.22. The molecule has 2 rings (SSSR count). The van der Waals surface area contributed by atoms with Gasteiger partial charge in [0.05, 0.1) is 0 Å². The first-order valence-electron chi connectivity index (χ1n) is 6.72. The molecule has 0 atom stereocenters. The molecular weight excluding hydrogens is 245 g/mol. The summed E-state index contributed by atoms with van der Waals surface area (Å²) in [7, 11) is 0. The van der Waals surface area contributed by atoms with Crippen LogP contribution < -0.4 is 15.5 Å². The molecule has 0 radical (unpaired) electrons. The van der Waals surface area contributed by atoms with Gasteiger partial charge in [0.2, 0.25) is 5.91 Å². The van der Waals surface area contributed by atoms with Crippen molar-refractivity contribution in [3.05, 3.63) is 29.6 Å². The highest BCUT2D eigenvalue weighted by Gasteiger charge is 2.18. The third kappa shape index (κ3) is 3.44. The summed E-state index contributed by atoms with van der Waals surface area (Å²) < 4.78 is 14.0. The Morgan fingerprint density at radius 2 is 2.26 bits per heavy atom. The molecule has 19 heavy (non-hydrogen) atoms. The van der Waals surface area contributed by atoms with E-state index in [0.29, 0.717) is 38.2 Å². The fourth-order valence-corrected chi connectivity index (χ4v) is 2.28. The molecule has 0 aromatic heterocycles. The van der Waals surface area contributed by atoms with E-state index in [-0.39, 0.29) is 11.7 Å². The smallest absolute Gasteiger partial charge is 0.221 e. The van der Waals surface area contributed by atoms with Gasteiger partial charge in [0.1, 0.15) is 5.82 Å². The van der Waals surface area contributed by atoms with Crippen molar-refractivity contribution >= 4 is 11.6 Å². The highest BCUT2D eigenvalue weighted by molar-refractivity contribution is 5.77. The molecule has 1 aromatic carbocycles. The molecule has 2 N–H and O–H groups in total.